The Bertz CT molecular complexity index is 2400. The van der Waals surface area contributed by atoms with Crippen molar-refractivity contribution in [3.8, 4) is 0 Å². The summed E-state index contributed by atoms with van der Waals surface area (Å²) in [5.41, 5.74) is 2.31. The van der Waals surface area contributed by atoms with E-state index in [1.807, 2.05) is 30.3 Å². The fourth-order valence-electron chi connectivity index (χ4n) is 7.14. The minimum atomic E-state index is -1.24. The predicted octanol–water partition coefficient (Wildman–Crippen LogP) is 4.05. The van der Waals surface area contributed by atoms with Gasteiger partial charge in [0.2, 0.25) is 29.5 Å². The van der Waals surface area contributed by atoms with Crippen LogP contribution in [0.5, 0.6) is 0 Å². The molecule has 1 fully saturated rings. The van der Waals surface area contributed by atoms with Crippen molar-refractivity contribution in [1.82, 2.24) is 20.9 Å². The van der Waals surface area contributed by atoms with Gasteiger partial charge in [0.25, 0.3) is 17.7 Å². The number of benzene rings is 3. The van der Waals surface area contributed by atoms with Crippen molar-refractivity contribution in [2.75, 3.05) is 61.6 Å². The minimum absolute atomic E-state index is 0.00180. The molecular formula is C46H48FN7O10S. The molecule has 2 unspecified atom stereocenters. The van der Waals surface area contributed by atoms with Crippen LogP contribution >= 0.6 is 11.3 Å². The molecule has 65 heavy (non-hydrogen) atoms. The number of hydrogen-bond donors (Lipinski definition) is 5. The first-order valence-electron chi connectivity index (χ1n) is 20.9. The van der Waals surface area contributed by atoms with Crippen molar-refractivity contribution in [3.63, 3.8) is 0 Å². The SMILES string of the molecule is C=C(F)C(=O)N(c1ccc(NC(=O)CCOCCNC(=O)CCOCCNc2cccc3c2C(=O)N(C2CCC(=O)NC2=O)C3=O)cc1)C(C(=O)NCCc1ccccc1)c1cccs1. The van der Waals surface area contributed by atoms with Crippen LogP contribution in [0.2, 0.25) is 0 Å². The minimum Gasteiger partial charge on any atom is -0.382 e. The normalized spacial score (nSPS) is 14.8. The molecular weight excluding hydrogens is 862 g/mol. The number of hydrogen-bond acceptors (Lipinski definition) is 12. The summed E-state index contributed by atoms with van der Waals surface area (Å²) in [6.45, 7) is 4.44. The highest BCUT2D eigenvalue weighted by atomic mass is 32.1. The van der Waals surface area contributed by atoms with Crippen molar-refractivity contribution in [2.45, 2.75) is 44.2 Å². The second-order valence-corrected chi connectivity index (χ2v) is 15.8. The highest BCUT2D eigenvalue weighted by Crippen LogP contribution is 2.34. The molecule has 8 amide bonds. The number of nitrogens with zero attached hydrogens (tertiary/aromatic N) is 2. The van der Waals surface area contributed by atoms with Crippen LogP contribution in [-0.2, 0) is 44.7 Å². The fourth-order valence-corrected chi connectivity index (χ4v) is 7.95. The monoisotopic (exact) mass is 909 g/mol. The van der Waals surface area contributed by atoms with Gasteiger partial charge in [-0.15, -0.1) is 11.3 Å². The Morgan fingerprint density at radius 3 is 2.23 bits per heavy atom. The average Bonchev–Trinajstić information content (AvgIpc) is 3.91. The van der Waals surface area contributed by atoms with Crippen LogP contribution in [-0.4, -0.2) is 104 Å². The van der Waals surface area contributed by atoms with Crippen LogP contribution in [0.1, 0.15) is 62.9 Å². The van der Waals surface area contributed by atoms with E-state index in [4.69, 9.17) is 9.47 Å². The molecule has 3 heterocycles. The Labute approximate surface area is 377 Å². The number of fused-ring (bicyclic) bond motifs is 1. The lowest BCUT2D eigenvalue weighted by atomic mass is 10.0. The molecule has 1 saturated heterocycles. The lowest BCUT2D eigenvalue weighted by Gasteiger charge is -2.30. The molecule has 2 aliphatic heterocycles. The number of nitrogens with one attached hydrogen (secondary N) is 5. The highest BCUT2D eigenvalue weighted by Gasteiger charge is 2.45. The molecule has 4 aromatic rings. The smallest absolute Gasteiger partial charge is 0.287 e. The van der Waals surface area contributed by atoms with Crippen molar-refractivity contribution in [1.29, 1.82) is 0 Å². The first kappa shape index (κ1) is 47.4. The number of imide groups is 2. The largest absolute Gasteiger partial charge is 0.382 e. The van der Waals surface area contributed by atoms with E-state index in [1.54, 1.807) is 29.6 Å². The van der Waals surface area contributed by atoms with Gasteiger partial charge in [-0.3, -0.25) is 53.5 Å². The van der Waals surface area contributed by atoms with E-state index in [0.29, 0.717) is 29.2 Å². The third kappa shape index (κ3) is 12.6. The van der Waals surface area contributed by atoms with Crippen LogP contribution in [0.25, 0.3) is 0 Å². The molecule has 0 aliphatic carbocycles. The second-order valence-electron chi connectivity index (χ2n) is 14.8. The second kappa shape index (κ2) is 23.0. The maximum Gasteiger partial charge on any atom is 0.287 e. The van der Waals surface area contributed by atoms with Gasteiger partial charge in [-0.1, -0.05) is 49.0 Å². The number of piperidine rings is 1. The zero-order chi connectivity index (χ0) is 46.3. The number of rotatable bonds is 23. The van der Waals surface area contributed by atoms with E-state index in [9.17, 15) is 42.7 Å². The Kier molecular flexibility index (Phi) is 16.8. The van der Waals surface area contributed by atoms with Gasteiger partial charge in [-0.2, -0.15) is 0 Å². The van der Waals surface area contributed by atoms with Crippen LogP contribution < -0.4 is 31.5 Å². The number of carbonyl (C=O) groups excluding carboxylic acids is 8. The fraction of sp³-hybridized carbons (Fsp3) is 0.304. The molecule has 1 aromatic heterocycles. The zero-order valence-corrected chi connectivity index (χ0v) is 36.1. The Hall–Kier alpha value is -7.09. The van der Waals surface area contributed by atoms with Crippen LogP contribution in [0.3, 0.4) is 0 Å². The van der Waals surface area contributed by atoms with Crippen molar-refractivity contribution in [2.24, 2.45) is 0 Å². The van der Waals surface area contributed by atoms with Gasteiger partial charge in [0, 0.05) is 54.4 Å². The maximum absolute atomic E-state index is 14.5. The molecule has 2 atom stereocenters. The molecule has 0 saturated carbocycles. The Morgan fingerprint density at radius 2 is 1.54 bits per heavy atom. The van der Waals surface area contributed by atoms with E-state index < -0.39 is 53.4 Å². The highest BCUT2D eigenvalue weighted by molar-refractivity contribution is 7.10. The predicted molar refractivity (Wildman–Crippen MR) is 239 cm³/mol. The van der Waals surface area contributed by atoms with Crippen molar-refractivity contribution in [3.05, 3.63) is 124 Å². The lowest BCUT2D eigenvalue weighted by Crippen LogP contribution is -2.54. The van der Waals surface area contributed by atoms with Gasteiger partial charge < -0.3 is 30.7 Å². The number of amides is 8. The number of anilines is 3. The van der Waals surface area contributed by atoms with Crippen molar-refractivity contribution < 1.29 is 52.2 Å². The zero-order valence-electron chi connectivity index (χ0n) is 35.3. The first-order valence-corrected chi connectivity index (χ1v) is 21.7. The number of carbonyl (C=O) groups is 8. The van der Waals surface area contributed by atoms with E-state index in [0.717, 1.165) is 15.4 Å². The topological polar surface area (TPSA) is 222 Å². The molecule has 0 bridgehead atoms. The van der Waals surface area contributed by atoms with Crippen molar-refractivity contribution >= 4 is 75.7 Å². The summed E-state index contributed by atoms with van der Waals surface area (Å²) >= 11 is 1.25. The van der Waals surface area contributed by atoms with Gasteiger partial charge in [-0.25, -0.2) is 4.39 Å². The molecule has 2 aliphatic rings. The summed E-state index contributed by atoms with van der Waals surface area (Å²) in [6.07, 6.45) is 0.702. The van der Waals surface area contributed by atoms with Gasteiger partial charge >= 0.3 is 0 Å². The summed E-state index contributed by atoms with van der Waals surface area (Å²) in [5, 5.41) is 15.3. The molecule has 19 heteroatoms. The molecule has 3 aromatic carbocycles. The summed E-state index contributed by atoms with van der Waals surface area (Å²) < 4.78 is 25.5. The van der Waals surface area contributed by atoms with Gasteiger partial charge in [-0.05, 0) is 66.2 Å². The molecule has 6 rings (SSSR count). The van der Waals surface area contributed by atoms with E-state index >= 15 is 0 Å². The average molecular weight is 910 g/mol. The quantitative estimate of drug-likeness (QED) is 0.0406. The summed E-state index contributed by atoms with van der Waals surface area (Å²) in [6, 6.07) is 21.5. The lowest BCUT2D eigenvalue weighted by molar-refractivity contribution is -0.136. The van der Waals surface area contributed by atoms with E-state index in [-0.39, 0.29) is 93.8 Å². The number of ether oxygens (including phenoxy) is 2. The summed E-state index contributed by atoms with van der Waals surface area (Å²) in [7, 11) is 0. The molecule has 17 nitrogen and oxygen atoms in total. The first-order chi connectivity index (χ1) is 31.4. The molecule has 0 radical (unpaired) electrons. The van der Waals surface area contributed by atoms with E-state index in [1.165, 1.54) is 41.7 Å². The van der Waals surface area contributed by atoms with Gasteiger partial charge in [0.1, 0.15) is 6.04 Å². The molecule has 340 valence electrons. The van der Waals surface area contributed by atoms with Gasteiger partial charge in [0.05, 0.1) is 44.0 Å². The maximum atomic E-state index is 14.5. The number of halogens is 1. The standard InChI is InChI=1S/C46H48FN7O10S/c1-29(47)44(60)53(41(36-11-6-28-65-36)43(59)50-21-18-30-7-3-2-4-8-30)32-14-12-31(13-15-32)51-39(57)20-25-64-27-23-49-37(55)19-24-63-26-22-48-34-10-5-9-33-40(34)46(62)54(45(33)61)35-16-17-38(56)52-42(35)58/h2-15,28,35,41,48H,1,16-27H2,(H,49,55)(H,50,59)(H,51,57)(H,52,56,58). The number of thiophene rings is 1. The molecule has 0 spiro atoms. The Morgan fingerprint density at radius 1 is 0.815 bits per heavy atom. The van der Waals surface area contributed by atoms with Crippen LogP contribution in [0, 0.1) is 0 Å². The summed E-state index contributed by atoms with van der Waals surface area (Å²) in [4.78, 5) is 104. The third-order valence-electron chi connectivity index (χ3n) is 10.3. The Balaban J connectivity index is 0.867. The van der Waals surface area contributed by atoms with Crippen LogP contribution in [0.15, 0.2) is 103 Å². The van der Waals surface area contributed by atoms with E-state index in [2.05, 4.69) is 33.2 Å². The third-order valence-corrected chi connectivity index (χ3v) is 11.2. The van der Waals surface area contributed by atoms with Crippen LogP contribution in [0.4, 0.5) is 21.5 Å². The van der Waals surface area contributed by atoms with Gasteiger partial charge in [0.15, 0.2) is 11.9 Å². The summed E-state index contributed by atoms with van der Waals surface area (Å²) in [5.74, 6) is -5.83. The molecule has 5 N–H and O–H groups in total.